The van der Waals surface area contributed by atoms with Gasteiger partial charge < -0.3 is 0 Å². The number of aromatic nitrogens is 3. The molecule has 0 saturated carbocycles. The van der Waals surface area contributed by atoms with Crippen LogP contribution in [0.4, 0.5) is 0 Å². The first-order valence-corrected chi connectivity index (χ1v) is 15.4. The van der Waals surface area contributed by atoms with Crippen molar-refractivity contribution in [3.63, 3.8) is 0 Å². The molecule has 0 unspecified atom stereocenters. The zero-order chi connectivity index (χ0) is 24.9. The fourth-order valence-electron chi connectivity index (χ4n) is 5.11. The van der Waals surface area contributed by atoms with E-state index in [0.29, 0.717) is 0 Å². The molecule has 0 amide bonds. The summed E-state index contributed by atoms with van der Waals surface area (Å²) in [5.74, 6) is 0.957. The van der Waals surface area contributed by atoms with Crippen LogP contribution >= 0.6 is 0 Å². The van der Waals surface area contributed by atoms with Crippen LogP contribution in [0.2, 0.25) is 13.1 Å². The van der Waals surface area contributed by atoms with Crippen LogP contribution in [0.15, 0.2) is 103 Å². The topological polar surface area (TPSA) is 30.7 Å². The summed E-state index contributed by atoms with van der Waals surface area (Å²) in [5.41, 5.74) is 7.06. The minimum atomic E-state index is -1.90. The van der Waals surface area contributed by atoms with Crippen molar-refractivity contribution in [3.8, 4) is 16.9 Å². The van der Waals surface area contributed by atoms with E-state index in [1.807, 2.05) is 12.3 Å². The van der Waals surface area contributed by atoms with E-state index in [-0.39, 0.29) is 0 Å². The maximum Gasteiger partial charge on any atom is 0.137 e. The maximum absolute atomic E-state index is 4.96. The summed E-state index contributed by atoms with van der Waals surface area (Å²) >= 11 is 0. The summed E-state index contributed by atoms with van der Waals surface area (Å²) in [7, 11) is -1.90. The molecule has 0 aliphatic carbocycles. The molecular weight excluding hydrogens is 454 g/mol. The van der Waals surface area contributed by atoms with E-state index in [4.69, 9.17) is 9.97 Å². The number of pyridine rings is 2. The van der Waals surface area contributed by atoms with E-state index < -0.39 is 8.07 Å². The summed E-state index contributed by atoms with van der Waals surface area (Å²) in [5, 5.41) is 5.08. The standard InChI is InChI=1S/C32H29N3Si/c1-22-15-18-31(34-23(22)2)35-29-13-6-5-12-27(29)28-17-16-25(21-30(28)35)24-10-9-11-26(20-24)36(3,4)32-14-7-8-19-33-32/h5-21H,1-4H3. The van der Waals surface area contributed by atoms with E-state index in [9.17, 15) is 0 Å². The monoisotopic (exact) mass is 483 g/mol. The number of benzene rings is 3. The normalized spacial score (nSPS) is 11.9. The number of hydrogen-bond donors (Lipinski definition) is 0. The Hall–Kier alpha value is -4.02. The molecule has 4 heteroatoms. The predicted molar refractivity (Wildman–Crippen MR) is 154 cm³/mol. The Labute approximate surface area is 213 Å². The minimum Gasteiger partial charge on any atom is -0.294 e. The Morgan fingerprint density at radius 2 is 1.44 bits per heavy atom. The van der Waals surface area contributed by atoms with Gasteiger partial charge in [0, 0.05) is 28.0 Å². The molecule has 0 aliphatic rings. The largest absolute Gasteiger partial charge is 0.294 e. The summed E-state index contributed by atoms with van der Waals surface area (Å²) in [4.78, 5) is 9.66. The molecule has 6 aromatic rings. The highest BCUT2D eigenvalue weighted by molar-refractivity contribution is 6.99. The van der Waals surface area contributed by atoms with Crippen LogP contribution in [0, 0.1) is 13.8 Å². The highest BCUT2D eigenvalue weighted by atomic mass is 28.3. The molecule has 3 heterocycles. The van der Waals surface area contributed by atoms with Gasteiger partial charge in [0.15, 0.2) is 0 Å². The van der Waals surface area contributed by atoms with Crippen molar-refractivity contribution in [3.05, 3.63) is 115 Å². The number of fused-ring (bicyclic) bond motifs is 3. The van der Waals surface area contributed by atoms with E-state index in [1.54, 1.807) is 0 Å². The van der Waals surface area contributed by atoms with Gasteiger partial charge in [-0.15, -0.1) is 0 Å². The molecule has 176 valence electrons. The predicted octanol–water partition coefficient (Wildman–Crippen LogP) is 6.68. The summed E-state index contributed by atoms with van der Waals surface area (Å²) in [6.07, 6.45) is 1.90. The molecule has 6 rings (SSSR count). The van der Waals surface area contributed by atoms with Gasteiger partial charge in [0.05, 0.1) is 11.0 Å². The van der Waals surface area contributed by atoms with Crippen molar-refractivity contribution >= 4 is 40.4 Å². The molecule has 0 aliphatic heterocycles. The van der Waals surface area contributed by atoms with Crippen molar-refractivity contribution < 1.29 is 0 Å². The third kappa shape index (κ3) is 3.66. The average molecular weight is 484 g/mol. The first-order chi connectivity index (χ1) is 17.4. The van der Waals surface area contributed by atoms with Gasteiger partial charge in [0.25, 0.3) is 0 Å². The lowest BCUT2D eigenvalue weighted by molar-refractivity contribution is 1.03. The number of rotatable bonds is 4. The maximum atomic E-state index is 4.96. The Kier molecular flexibility index (Phi) is 5.35. The molecule has 0 fully saturated rings. The summed E-state index contributed by atoms with van der Waals surface area (Å²) in [6, 6.07) is 35.0. The lowest BCUT2D eigenvalue weighted by Crippen LogP contribution is -2.54. The van der Waals surface area contributed by atoms with Crippen LogP contribution in [0.3, 0.4) is 0 Å². The van der Waals surface area contributed by atoms with Gasteiger partial charge in [-0.2, -0.15) is 0 Å². The highest BCUT2D eigenvalue weighted by Gasteiger charge is 2.27. The number of nitrogens with zero attached hydrogens (tertiary/aromatic N) is 3. The van der Waals surface area contributed by atoms with E-state index in [1.165, 1.54) is 49.0 Å². The number of aryl methyl sites for hydroxylation is 2. The third-order valence-corrected chi connectivity index (χ3v) is 10.8. The third-order valence-electron chi connectivity index (χ3n) is 7.46. The zero-order valence-corrected chi connectivity index (χ0v) is 22.2. The number of para-hydroxylation sites is 1. The Bertz CT molecular complexity index is 1730. The van der Waals surface area contributed by atoms with Crippen LogP contribution in [0.1, 0.15) is 11.3 Å². The van der Waals surface area contributed by atoms with Gasteiger partial charge in [-0.25, -0.2) is 4.98 Å². The van der Waals surface area contributed by atoms with E-state index in [0.717, 1.165) is 11.5 Å². The van der Waals surface area contributed by atoms with Crippen LogP contribution < -0.4 is 10.5 Å². The molecular formula is C32H29N3Si. The SMILES string of the molecule is Cc1ccc(-n2c3ccccc3c3ccc(-c4cccc([Si](C)(C)c5ccccn5)c4)cc32)nc1C. The van der Waals surface area contributed by atoms with Crippen LogP contribution in [0.25, 0.3) is 38.8 Å². The average Bonchev–Trinajstić information content (AvgIpc) is 3.24. The molecule has 0 bridgehead atoms. The fourth-order valence-corrected chi connectivity index (χ4v) is 7.34. The Balaban J connectivity index is 1.54. The van der Waals surface area contributed by atoms with Gasteiger partial charge in [-0.05, 0) is 60.9 Å². The lowest BCUT2D eigenvalue weighted by atomic mass is 10.0. The van der Waals surface area contributed by atoms with Crippen molar-refractivity contribution in [2.45, 2.75) is 26.9 Å². The summed E-state index contributed by atoms with van der Waals surface area (Å²) < 4.78 is 2.30. The van der Waals surface area contributed by atoms with Crippen LogP contribution in [-0.4, -0.2) is 22.6 Å². The Morgan fingerprint density at radius 1 is 0.667 bits per heavy atom. The second kappa shape index (κ2) is 8.57. The molecule has 0 atom stereocenters. The van der Waals surface area contributed by atoms with Gasteiger partial charge >= 0.3 is 0 Å². The second-order valence-electron chi connectivity index (χ2n) is 10.1. The van der Waals surface area contributed by atoms with Crippen LogP contribution in [0.5, 0.6) is 0 Å². The first kappa shape index (κ1) is 22.4. The molecule has 3 aromatic carbocycles. The van der Waals surface area contributed by atoms with Crippen LogP contribution in [-0.2, 0) is 0 Å². The van der Waals surface area contributed by atoms with Gasteiger partial charge in [-0.1, -0.05) is 85.0 Å². The zero-order valence-electron chi connectivity index (χ0n) is 21.2. The van der Waals surface area contributed by atoms with Gasteiger partial charge in [0.2, 0.25) is 0 Å². The summed E-state index contributed by atoms with van der Waals surface area (Å²) in [6.45, 7) is 8.94. The van der Waals surface area contributed by atoms with Gasteiger partial charge in [0.1, 0.15) is 13.9 Å². The minimum absolute atomic E-state index is 0.957. The van der Waals surface area contributed by atoms with Crippen molar-refractivity contribution in [2.24, 2.45) is 0 Å². The molecule has 0 N–H and O–H groups in total. The molecule has 3 aromatic heterocycles. The molecule has 0 spiro atoms. The lowest BCUT2D eigenvalue weighted by Gasteiger charge is -2.23. The molecule has 36 heavy (non-hydrogen) atoms. The van der Waals surface area contributed by atoms with Crippen molar-refractivity contribution in [2.75, 3.05) is 0 Å². The highest BCUT2D eigenvalue weighted by Crippen LogP contribution is 2.34. The molecule has 3 nitrogen and oxygen atoms in total. The smallest absolute Gasteiger partial charge is 0.137 e. The molecule has 0 saturated heterocycles. The fraction of sp³-hybridized carbons (Fsp3) is 0.125. The molecule has 0 radical (unpaired) electrons. The van der Waals surface area contributed by atoms with Gasteiger partial charge in [-0.3, -0.25) is 9.55 Å². The van der Waals surface area contributed by atoms with E-state index >= 15 is 0 Å². The Morgan fingerprint density at radius 3 is 2.25 bits per heavy atom. The second-order valence-corrected chi connectivity index (χ2v) is 14.4. The quantitative estimate of drug-likeness (QED) is 0.262. The number of hydrogen-bond acceptors (Lipinski definition) is 2. The first-order valence-electron chi connectivity index (χ1n) is 12.4. The van der Waals surface area contributed by atoms with Crippen molar-refractivity contribution in [1.82, 2.24) is 14.5 Å². The van der Waals surface area contributed by atoms with Crippen molar-refractivity contribution in [1.29, 1.82) is 0 Å². The van der Waals surface area contributed by atoms with E-state index in [2.05, 4.69) is 123 Å².